The highest BCUT2D eigenvalue weighted by Crippen LogP contribution is 2.61. The molecular formula is C46H58F2N4O4Si. The highest BCUT2D eigenvalue weighted by atomic mass is 28.3. The van der Waals surface area contributed by atoms with E-state index in [2.05, 4.69) is 53.0 Å². The molecule has 1 saturated heterocycles. The van der Waals surface area contributed by atoms with Gasteiger partial charge < -0.3 is 19.1 Å². The number of nitrogens with zero attached hydrogens (tertiary/aromatic N) is 4. The third-order valence-electron chi connectivity index (χ3n) is 13.3. The Hall–Kier alpha value is -4.01. The standard InChI is InChI=1S/C46H58F2N4O4Si/c1-25(2)57(26(3)4,27(5)6)19-18-32-36(47)17-14-29-20-31(55-24-54-10)21-33(37(29)32)42-40(48)44-39(41(49-42)28-12-11-13-28)43(50-52(44)30-15-16-30)38-34-22-51(23-35(34)38)45(53)56-46(7,8)9/h14,17,20-21,25-28,30,34-35,38H,11-13,15-16,22-24H2,1-10H3. The maximum atomic E-state index is 17.9. The average molecular weight is 797 g/mol. The molecule has 1 amide bonds. The van der Waals surface area contributed by atoms with Crippen LogP contribution >= 0.6 is 0 Å². The monoisotopic (exact) mass is 796 g/mol. The van der Waals surface area contributed by atoms with Crippen molar-refractivity contribution in [3.63, 3.8) is 0 Å². The van der Waals surface area contributed by atoms with Crippen molar-refractivity contribution in [3.8, 4) is 28.5 Å². The van der Waals surface area contributed by atoms with Crippen LogP contribution in [0.5, 0.6) is 5.75 Å². The molecule has 2 atom stereocenters. The maximum Gasteiger partial charge on any atom is 0.410 e. The average Bonchev–Trinajstić information content (AvgIpc) is 3.99. The molecule has 0 radical (unpaired) electrons. The van der Waals surface area contributed by atoms with Crippen molar-refractivity contribution in [2.75, 3.05) is 27.0 Å². The third-order valence-corrected chi connectivity index (χ3v) is 19.6. The summed E-state index contributed by atoms with van der Waals surface area (Å²) in [7, 11) is -0.705. The molecule has 0 bridgehead atoms. The van der Waals surface area contributed by atoms with E-state index in [1.165, 1.54) is 6.07 Å². The van der Waals surface area contributed by atoms with Gasteiger partial charge in [-0.1, -0.05) is 60.0 Å². The SMILES string of the molecule is COCOc1cc(-c2nc(C3CCC3)c3c(C4C5CN(C(=O)OC(C)(C)C)CC54)nn(C4CC4)c3c2F)c2c(C#C[Si](C(C)C)(C(C)C)C(C)C)c(F)ccc2c1. The van der Waals surface area contributed by atoms with E-state index in [1.54, 1.807) is 24.1 Å². The quantitative estimate of drug-likeness (QED) is 0.0903. The number of ether oxygens (including phenoxy) is 3. The van der Waals surface area contributed by atoms with Gasteiger partial charge in [-0.3, -0.25) is 4.68 Å². The number of methoxy groups -OCH3 is 1. The van der Waals surface area contributed by atoms with Crippen LogP contribution in [0.15, 0.2) is 24.3 Å². The minimum atomic E-state index is -2.26. The molecule has 2 aromatic heterocycles. The summed E-state index contributed by atoms with van der Waals surface area (Å²) in [5, 5.41) is 7.32. The number of fused-ring (bicyclic) bond motifs is 3. The number of carbonyl (C=O) groups is 1. The molecule has 304 valence electrons. The van der Waals surface area contributed by atoms with Gasteiger partial charge in [0.05, 0.1) is 23.0 Å². The van der Waals surface area contributed by atoms with Gasteiger partial charge in [0.2, 0.25) is 0 Å². The van der Waals surface area contributed by atoms with Crippen LogP contribution in [0.4, 0.5) is 13.6 Å². The number of halogens is 2. The summed E-state index contributed by atoms with van der Waals surface area (Å²) in [4.78, 5) is 20.1. The summed E-state index contributed by atoms with van der Waals surface area (Å²) in [5.41, 5.74) is 7.38. The number of hydrogen-bond acceptors (Lipinski definition) is 6. The van der Waals surface area contributed by atoms with Crippen molar-refractivity contribution in [2.45, 2.75) is 135 Å². The lowest BCUT2D eigenvalue weighted by Crippen LogP contribution is -2.43. The second-order valence-corrected chi connectivity index (χ2v) is 24.6. The van der Waals surface area contributed by atoms with Gasteiger partial charge in [0.1, 0.15) is 36.5 Å². The van der Waals surface area contributed by atoms with Gasteiger partial charge in [0.25, 0.3) is 0 Å². The predicted molar refractivity (Wildman–Crippen MR) is 223 cm³/mol. The Morgan fingerprint density at radius 2 is 1.61 bits per heavy atom. The number of rotatable bonds is 10. The lowest BCUT2D eigenvalue weighted by molar-refractivity contribution is 0.0270. The van der Waals surface area contributed by atoms with Gasteiger partial charge in [-0.25, -0.2) is 18.6 Å². The smallest absolute Gasteiger partial charge is 0.410 e. The Labute approximate surface area is 337 Å². The second-order valence-electron chi connectivity index (χ2n) is 19.0. The molecule has 57 heavy (non-hydrogen) atoms. The lowest BCUT2D eigenvalue weighted by atomic mass is 9.80. The van der Waals surface area contributed by atoms with Crippen LogP contribution < -0.4 is 4.74 Å². The van der Waals surface area contributed by atoms with Crippen LogP contribution in [-0.2, 0) is 9.47 Å². The third kappa shape index (κ3) is 6.92. The molecule has 3 aliphatic carbocycles. The number of amides is 1. The van der Waals surface area contributed by atoms with Gasteiger partial charge in [0, 0.05) is 48.4 Å². The van der Waals surface area contributed by atoms with E-state index in [0.717, 1.165) is 48.9 Å². The van der Waals surface area contributed by atoms with Gasteiger partial charge in [-0.15, -0.1) is 5.54 Å². The number of piperidine rings is 1. The van der Waals surface area contributed by atoms with Gasteiger partial charge >= 0.3 is 6.09 Å². The van der Waals surface area contributed by atoms with Crippen molar-refractivity contribution in [1.29, 1.82) is 0 Å². The molecular weight excluding hydrogens is 739 g/mol. The van der Waals surface area contributed by atoms with Crippen molar-refractivity contribution in [1.82, 2.24) is 19.7 Å². The molecule has 0 N–H and O–H groups in total. The fourth-order valence-corrected chi connectivity index (χ4v) is 15.4. The number of benzene rings is 2. The Kier molecular flexibility index (Phi) is 10.2. The zero-order valence-electron chi connectivity index (χ0n) is 35.3. The van der Waals surface area contributed by atoms with Crippen LogP contribution in [0.1, 0.15) is 129 Å². The van der Waals surface area contributed by atoms with Crippen molar-refractivity contribution in [2.24, 2.45) is 11.8 Å². The van der Waals surface area contributed by atoms with Crippen molar-refractivity contribution < 1.29 is 27.8 Å². The largest absolute Gasteiger partial charge is 0.468 e. The number of aromatic nitrogens is 3. The molecule has 2 unspecified atom stereocenters. The van der Waals surface area contributed by atoms with E-state index < -0.39 is 25.3 Å². The fourth-order valence-electron chi connectivity index (χ4n) is 10.2. The van der Waals surface area contributed by atoms with Crippen molar-refractivity contribution in [3.05, 3.63) is 52.9 Å². The first-order valence-electron chi connectivity index (χ1n) is 21.1. The number of pyridine rings is 1. The maximum absolute atomic E-state index is 17.9. The number of carbonyl (C=O) groups excluding carboxylic acids is 1. The van der Waals surface area contributed by atoms with Crippen molar-refractivity contribution >= 4 is 35.8 Å². The van der Waals surface area contributed by atoms with Crippen LogP contribution in [0.2, 0.25) is 16.6 Å². The summed E-state index contributed by atoms with van der Waals surface area (Å²) in [6.45, 7) is 20.3. The summed E-state index contributed by atoms with van der Waals surface area (Å²) in [5.74, 6) is 3.74. The minimum absolute atomic E-state index is 0.000747. The Balaban J connectivity index is 1.32. The first-order valence-corrected chi connectivity index (χ1v) is 23.3. The van der Waals surface area contributed by atoms with E-state index in [0.29, 0.717) is 57.3 Å². The molecule has 8 rings (SSSR count). The highest BCUT2D eigenvalue weighted by molar-refractivity contribution is 6.90. The van der Waals surface area contributed by atoms with E-state index >= 15 is 8.78 Å². The van der Waals surface area contributed by atoms with Gasteiger partial charge in [-0.2, -0.15) is 5.10 Å². The Bertz CT molecular complexity index is 2260. The summed E-state index contributed by atoms with van der Waals surface area (Å²) < 4.78 is 53.2. The fraction of sp³-hybridized carbons (Fsp3) is 0.587. The molecule has 3 heterocycles. The number of hydrogen-bond donors (Lipinski definition) is 0. The Morgan fingerprint density at radius 1 is 0.947 bits per heavy atom. The van der Waals surface area contributed by atoms with E-state index in [9.17, 15) is 4.79 Å². The summed E-state index contributed by atoms with van der Waals surface area (Å²) in [6, 6.07) is 6.91. The second kappa shape index (κ2) is 14.7. The van der Waals surface area contributed by atoms with Crippen LogP contribution in [-0.4, -0.2) is 66.4 Å². The molecule has 1 aliphatic heterocycles. The van der Waals surface area contributed by atoms with Crippen LogP contribution in [0, 0.1) is 34.9 Å². The van der Waals surface area contributed by atoms with Crippen LogP contribution in [0.3, 0.4) is 0 Å². The minimum Gasteiger partial charge on any atom is -0.468 e. The molecule has 11 heteroatoms. The van der Waals surface area contributed by atoms with Crippen LogP contribution in [0.25, 0.3) is 32.9 Å². The summed E-state index contributed by atoms with van der Waals surface area (Å²) >= 11 is 0. The van der Waals surface area contributed by atoms with E-state index in [-0.39, 0.29) is 53.9 Å². The summed E-state index contributed by atoms with van der Waals surface area (Å²) in [6.07, 6.45) is 4.56. The normalized spacial score (nSPS) is 21.0. The highest BCUT2D eigenvalue weighted by Gasteiger charge is 2.60. The first kappa shape index (κ1) is 39.8. The predicted octanol–water partition coefficient (Wildman–Crippen LogP) is 11.3. The Morgan fingerprint density at radius 3 is 2.18 bits per heavy atom. The van der Waals surface area contributed by atoms with Gasteiger partial charge in [-0.05, 0) is 98.5 Å². The van der Waals surface area contributed by atoms with Gasteiger partial charge in [0.15, 0.2) is 12.6 Å². The molecule has 0 spiro atoms. The molecule has 4 aromatic rings. The zero-order chi connectivity index (χ0) is 40.7. The molecule has 4 aliphatic rings. The molecule has 8 nitrogen and oxygen atoms in total. The molecule has 4 fully saturated rings. The first-order chi connectivity index (χ1) is 27.0. The molecule has 3 saturated carbocycles. The molecule has 2 aromatic carbocycles. The topological polar surface area (TPSA) is 78.7 Å². The number of likely N-dealkylation sites (tertiary alicyclic amines) is 1. The van der Waals surface area contributed by atoms with E-state index in [4.69, 9.17) is 24.3 Å². The lowest BCUT2D eigenvalue weighted by Gasteiger charge is -2.38. The van der Waals surface area contributed by atoms with E-state index in [1.807, 2.05) is 31.5 Å². The zero-order valence-corrected chi connectivity index (χ0v) is 36.3.